The molecule has 0 aliphatic rings. The van der Waals surface area contributed by atoms with Crippen molar-refractivity contribution in [2.45, 2.75) is 19.9 Å². The van der Waals surface area contributed by atoms with E-state index in [1.165, 1.54) is 19.1 Å². The van der Waals surface area contributed by atoms with Crippen LogP contribution in [0.25, 0.3) is 10.9 Å². The van der Waals surface area contributed by atoms with Gasteiger partial charge in [0.05, 0.1) is 17.6 Å². The zero-order chi connectivity index (χ0) is 19.4. The smallest absolute Gasteiger partial charge is 0.277 e. The fourth-order valence-electron chi connectivity index (χ4n) is 2.49. The molecule has 27 heavy (non-hydrogen) atoms. The second-order valence-electron chi connectivity index (χ2n) is 5.81. The van der Waals surface area contributed by atoms with Crippen LogP contribution in [0.5, 0.6) is 0 Å². The van der Waals surface area contributed by atoms with Crippen LogP contribution in [0.3, 0.4) is 0 Å². The summed E-state index contributed by atoms with van der Waals surface area (Å²) < 4.78 is 15.0. The van der Waals surface area contributed by atoms with Gasteiger partial charge in [-0.3, -0.25) is 14.4 Å². The summed E-state index contributed by atoms with van der Waals surface area (Å²) >= 11 is 0. The molecule has 0 radical (unpaired) electrons. The molecule has 0 spiro atoms. The number of hydrogen-bond donors (Lipinski definition) is 2. The Hall–Kier alpha value is -3.62. The van der Waals surface area contributed by atoms with Crippen molar-refractivity contribution >= 4 is 34.1 Å². The normalized spacial score (nSPS) is 10.6. The average molecular weight is 369 g/mol. The minimum atomic E-state index is -0.639. The van der Waals surface area contributed by atoms with E-state index in [1.54, 1.807) is 24.3 Å². The molecule has 2 aromatic carbocycles. The summed E-state index contributed by atoms with van der Waals surface area (Å²) in [6.07, 6.45) is -0.100. The van der Waals surface area contributed by atoms with Crippen molar-refractivity contribution in [2.75, 3.05) is 10.6 Å². The van der Waals surface area contributed by atoms with Gasteiger partial charge in [-0.2, -0.15) is 0 Å². The molecule has 1 heterocycles. The second-order valence-corrected chi connectivity index (χ2v) is 5.81. The third kappa shape index (κ3) is 4.32. The van der Waals surface area contributed by atoms with Crippen LogP contribution < -0.4 is 16.2 Å². The van der Waals surface area contributed by atoms with Gasteiger partial charge in [-0.15, -0.1) is 5.10 Å². The SMILES string of the molecule is CC(=O)Nc1ccc(F)c(NC(=O)CCn2nnc3ccccc3c2=O)c1. The Bertz CT molecular complexity index is 1080. The predicted octanol–water partition coefficient (Wildman–Crippen LogP) is 1.92. The number of carbonyl (C=O) groups excluding carboxylic acids is 2. The van der Waals surface area contributed by atoms with Gasteiger partial charge in [0.15, 0.2) is 0 Å². The minimum absolute atomic E-state index is 0.00446. The fraction of sp³-hybridized carbons (Fsp3) is 0.167. The van der Waals surface area contributed by atoms with Gasteiger partial charge >= 0.3 is 0 Å². The largest absolute Gasteiger partial charge is 0.326 e. The first kappa shape index (κ1) is 18.2. The van der Waals surface area contributed by atoms with Crippen molar-refractivity contribution in [3.8, 4) is 0 Å². The highest BCUT2D eigenvalue weighted by molar-refractivity contribution is 5.93. The maximum absolute atomic E-state index is 13.9. The third-order valence-corrected chi connectivity index (χ3v) is 3.74. The standard InChI is InChI=1S/C18H16FN5O3/c1-11(25)20-12-6-7-14(19)16(10-12)21-17(26)8-9-24-18(27)13-4-2-3-5-15(13)22-23-24/h2-7,10H,8-9H2,1H3,(H,20,25)(H,21,26). The number of rotatable bonds is 5. The van der Waals surface area contributed by atoms with E-state index < -0.39 is 11.7 Å². The Balaban J connectivity index is 1.69. The quantitative estimate of drug-likeness (QED) is 0.715. The van der Waals surface area contributed by atoms with E-state index in [9.17, 15) is 18.8 Å². The molecular weight excluding hydrogens is 353 g/mol. The molecule has 3 rings (SSSR count). The van der Waals surface area contributed by atoms with E-state index in [0.29, 0.717) is 16.6 Å². The molecule has 0 saturated carbocycles. The molecule has 0 bridgehead atoms. The van der Waals surface area contributed by atoms with Crippen molar-refractivity contribution in [3.63, 3.8) is 0 Å². The zero-order valence-corrected chi connectivity index (χ0v) is 14.4. The fourth-order valence-corrected chi connectivity index (χ4v) is 2.49. The summed E-state index contributed by atoms with van der Waals surface area (Å²) in [6.45, 7) is 1.32. The van der Waals surface area contributed by atoms with Gasteiger partial charge in [0, 0.05) is 19.0 Å². The highest BCUT2D eigenvalue weighted by atomic mass is 19.1. The molecule has 2 amide bonds. The van der Waals surface area contributed by atoms with Crippen LogP contribution in [-0.2, 0) is 16.1 Å². The zero-order valence-electron chi connectivity index (χ0n) is 14.4. The van der Waals surface area contributed by atoms with E-state index in [4.69, 9.17) is 0 Å². The highest BCUT2D eigenvalue weighted by Gasteiger charge is 2.11. The molecule has 2 N–H and O–H groups in total. The number of benzene rings is 2. The second kappa shape index (κ2) is 7.73. The molecule has 0 fully saturated rings. The number of carbonyl (C=O) groups is 2. The number of halogens is 1. The lowest BCUT2D eigenvalue weighted by molar-refractivity contribution is -0.116. The number of fused-ring (bicyclic) bond motifs is 1. The Morgan fingerprint density at radius 1 is 1.15 bits per heavy atom. The summed E-state index contributed by atoms with van der Waals surface area (Å²) in [4.78, 5) is 35.5. The van der Waals surface area contributed by atoms with Gasteiger partial charge < -0.3 is 10.6 Å². The van der Waals surface area contributed by atoms with Gasteiger partial charge in [0.1, 0.15) is 11.3 Å². The number of nitrogens with zero attached hydrogens (tertiary/aromatic N) is 3. The van der Waals surface area contributed by atoms with E-state index in [2.05, 4.69) is 20.9 Å². The summed E-state index contributed by atoms with van der Waals surface area (Å²) in [7, 11) is 0. The van der Waals surface area contributed by atoms with Crippen LogP contribution in [0, 0.1) is 5.82 Å². The van der Waals surface area contributed by atoms with Crippen molar-refractivity contribution in [1.29, 1.82) is 0 Å². The third-order valence-electron chi connectivity index (χ3n) is 3.74. The van der Waals surface area contributed by atoms with Crippen LogP contribution >= 0.6 is 0 Å². The number of hydrogen-bond acceptors (Lipinski definition) is 5. The molecule has 9 heteroatoms. The lowest BCUT2D eigenvalue weighted by Crippen LogP contribution is -2.26. The Labute approximate surface area is 153 Å². The monoisotopic (exact) mass is 369 g/mol. The number of aryl methyl sites for hydroxylation is 1. The van der Waals surface area contributed by atoms with Gasteiger partial charge in [-0.05, 0) is 30.3 Å². The number of anilines is 2. The lowest BCUT2D eigenvalue weighted by atomic mass is 10.2. The molecule has 0 aliphatic heterocycles. The van der Waals surface area contributed by atoms with Crippen LogP contribution in [0.1, 0.15) is 13.3 Å². The molecule has 1 aromatic heterocycles. The average Bonchev–Trinajstić information content (AvgIpc) is 2.64. The van der Waals surface area contributed by atoms with Crippen LogP contribution in [0.2, 0.25) is 0 Å². The van der Waals surface area contributed by atoms with Crippen molar-refractivity contribution in [1.82, 2.24) is 15.0 Å². The van der Waals surface area contributed by atoms with Crippen LogP contribution in [0.4, 0.5) is 15.8 Å². The van der Waals surface area contributed by atoms with Crippen molar-refractivity contribution in [3.05, 3.63) is 58.6 Å². The highest BCUT2D eigenvalue weighted by Crippen LogP contribution is 2.20. The Morgan fingerprint density at radius 2 is 1.93 bits per heavy atom. The predicted molar refractivity (Wildman–Crippen MR) is 97.7 cm³/mol. The molecule has 0 unspecified atom stereocenters. The topological polar surface area (TPSA) is 106 Å². The number of aromatic nitrogens is 3. The van der Waals surface area contributed by atoms with Crippen LogP contribution in [-0.4, -0.2) is 26.8 Å². The van der Waals surface area contributed by atoms with Crippen molar-refractivity contribution in [2.24, 2.45) is 0 Å². The van der Waals surface area contributed by atoms with E-state index >= 15 is 0 Å². The number of amides is 2. The molecule has 3 aromatic rings. The summed E-state index contributed by atoms with van der Waals surface area (Å²) in [5, 5.41) is 13.1. The molecule has 138 valence electrons. The first-order valence-corrected chi connectivity index (χ1v) is 8.13. The van der Waals surface area contributed by atoms with E-state index in [0.717, 1.165) is 10.7 Å². The summed E-state index contributed by atoms with van der Waals surface area (Å²) in [6, 6.07) is 10.6. The molecule has 8 nitrogen and oxygen atoms in total. The first-order valence-electron chi connectivity index (χ1n) is 8.13. The van der Waals surface area contributed by atoms with Crippen molar-refractivity contribution < 1.29 is 14.0 Å². The molecule has 0 saturated heterocycles. The minimum Gasteiger partial charge on any atom is -0.326 e. The van der Waals surface area contributed by atoms with E-state index in [-0.39, 0.29) is 30.1 Å². The van der Waals surface area contributed by atoms with Gasteiger partial charge in [-0.1, -0.05) is 17.3 Å². The molecule has 0 atom stereocenters. The summed E-state index contributed by atoms with van der Waals surface area (Å²) in [5.74, 6) is -1.45. The van der Waals surface area contributed by atoms with Gasteiger partial charge in [0.25, 0.3) is 5.56 Å². The first-order chi connectivity index (χ1) is 12.9. The Kier molecular flexibility index (Phi) is 5.20. The molecule has 0 aliphatic carbocycles. The lowest BCUT2D eigenvalue weighted by Gasteiger charge is -2.09. The Morgan fingerprint density at radius 3 is 2.70 bits per heavy atom. The van der Waals surface area contributed by atoms with E-state index in [1.807, 2.05) is 0 Å². The van der Waals surface area contributed by atoms with Gasteiger partial charge in [0.2, 0.25) is 11.8 Å². The van der Waals surface area contributed by atoms with Gasteiger partial charge in [-0.25, -0.2) is 9.07 Å². The molecular formula is C18H16FN5O3. The maximum atomic E-state index is 13.9. The van der Waals surface area contributed by atoms with Crippen LogP contribution in [0.15, 0.2) is 47.3 Å². The maximum Gasteiger partial charge on any atom is 0.277 e. The number of nitrogens with one attached hydrogen (secondary N) is 2. The summed E-state index contributed by atoms with van der Waals surface area (Å²) in [5.41, 5.74) is 0.409.